The molecule has 4 aliphatic rings. The molecule has 0 bridgehead atoms. The Bertz CT molecular complexity index is 705. The molecule has 6 atom stereocenters. The lowest BCUT2D eigenvalue weighted by Gasteiger charge is -2.54. The number of allylic oxidation sites excluding steroid dienone is 6. The van der Waals surface area contributed by atoms with Gasteiger partial charge in [0.25, 0.3) is 0 Å². The van der Waals surface area contributed by atoms with E-state index in [0.717, 1.165) is 19.3 Å². The minimum Gasteiger partial charge on any atom is -0.394 e. The second kappa shape index (κ2) is 5.38. The van der Waals surface area contributed by atoms with Gasteiger partial charge in [0.2, 0.25) is 0 Å². The first-order valence-electron chi connectivity index (χ1n) is 9.42. The summed E-state index contributed by atoms with van der Waals surface area (Å²) >= 11 is 0. The predicted octanol–water partition coefficient (Wildman–Crippen LogP) is 2.30. The van der Waals surface area contributed by atoms with Crippen LogP contribution in [-0.2, 0) is 4.79 Å². The van der Waals surface area contributed by atoms with Crippen molar-refractivity contribution >= 4 is 5.78 Å². The average molecular weight is 344 g/mol. The van der Waals surface area contributed by atoms with Gasteiger partial charge in [0, 0.05) is 10.8 Å². The van der Waals surface area contributed by atoms with Crippen molar-refractivity contribution < 1.29 is 20.1 Å². The van der Waals surface area contributed by atoms with Crippen LogP contribution >= 0.6 is 0 Å². The van der Waals surface area contributed by atoms with Crippen LogP contribution in [-0.4, -0.2) is 39.4 Å². The summed E-state index contributed by atoms with van der Waals surface area (Å²) in [6, 6.07) is 0. The van der Waals surface area contributed by atoms with Gasteiger partial charge in [0.15, 0.2) is 5.78 Å². The lowest BCUT2D eigenvalue weighted by atomic mass is 9.51. The smallest absolute Gasteiger partial charge is 0.178 e. The third-order valence-corrected chi connectivity index (χ3v) is 7.89. The van der Waals surface area contributed by atoms with Gasteiger partial charge in [0.05, 0.1) is 12.2 Å². The van der Waals surface area contributed by atoms with Crippen molar-refractivity contribution in [3.8, 4) is 0 Å². The first-order valence-corrected chi connectivity index (χ1v) is 9.42. The lowest BCUT2D eigenvalue weighted by Crippen LogP contribution is -2.57. The number of fused-ring (bicyclic) bond motifs is 5. The number of aliphatic hydroxyl groups is 3. The highest BCUT2D eigenvalue weighted by atomic mass is 16.4. The van der Waals surface area contributed by atoms with Crippen LogP contribution in [0.4, 0.5) is 0 Å². The quantitative estimate of drug-likeness (QED) is 0.672. The van der Waals surface area contributed by atoms with Crippen molar-refractivity contribution in [3.05, 3.63) is 35.5 Å². The molecule has 2 saturated carbocycles. The Balaban J connectivity index is 1.75. The van der Waals surface area contributed by atoms with Gasteiger partial charge in [-0.25, -0.2) is 0 Å². The normalized spacial score (nSPS) is 46.7. The Labute approximate surface area is 148 Å². The molecule has 0 unspecified atom stereocenters. The van der Waals surface area contributed by atoms with E-state index >= 15 is 0 Å². The molecule has 0 aliphatic heterocycles. The van der Waals surface area contributed by atoms with Crippen LogP contribution < -0.4 is 0 Å². The van der Waals surface area contributed by atoms with Crippen LogP contribution in [0.25, 0.3) is 0 Å². The van der Waals surface area contributed by atoms with Crippen molar-refractivity contribution in [2.24, 2.45) is 22.7 Å². The van der Waals surface area contributed by atoms with Gasteiger partial charge in [-0.05, 0) is 63.0 Å². The van der Waals surface area contributed by atoms with Crippen LogP contribution in [0.3, 0.4) is 0 Å². The summed E-state index contributed by atoms with van der Waals surface area (Å²) in [4.78, 5) is 11.8. The number of carbonyl (C=O) groups is 1. The molecule has 0 aromatic rings. The van der Waals surface area contributed by atoms with Gasteiger partial charge in [-0.2, -0.15) is 0 Å². The predicted molar refractivity (Wildman–Crippen MR) is 94.6 cm³/mol. The van der Waals surface area contributed by atoms with Crippen LogP contribution in [0, 0.1) is 22.7 Å². The van der Waals surface area contributed by atoms with Gasteiger partial charge in [-0.1, -0.05) is 30.2 Å². The lowest BCUT2D eigenvalue weighted by molar-refractivity contribution is -0.163. The zero-order valence-corrected chi connectivity index (χ0v) is 15.0. The maximum Gasteiger partial charge on any atom is 0.178 e. The van der Waals surface area contributed by atoms with Crippen molar-refractivity contribution in [1.29, 1.82) is 0 Å². The van der Waals surface area contributed by atoms with E-state index in [9.17, 15) is 20.1 Å². The highest BCUT2D eigenvalue weighted by Gasteiger charge is 2.63. The van der Waals surface area contributed by atoms with Gasteiger partial charge in [-0.15, -0.1) is 0 Å². The third kappa shape index (κ3) is 2.08. The van der Waals surface area contributed by atoms with Gasteiger partial charge in [0.1, 0.15) is 6.10 Å². The van der Waals surface area contributed by atoms with Crippen molar-refractivity contribution in [1.82, 2.24) is 0 Å². The number of aliphatic hydroxyl groups excluding tert-OH is 2. The zero-order valence-electron chi connectivity index (χ0n) is 15.0. The molecule has 0 radical (unpaired) electrons. The Morgan fingerprint density at radius 1 is 1.32 bits per heavy atom. The van der Waals surface area contributed by atoms with E-state index in [0.29, 0.717) is 24.7 Å². The molecule has 0 heterocycles. The number of carbonyl (C=O) groups excluding carboxylic acids is 1. The molecular weight excluding hydrogens is 316 g/mol. The van der Waals surface area contributed by atoms with Gasteiger partial charge < -0.3 is 15.3 Å². The van der Waals surface area contributed by atoms with E-state index in [-0.39, 0.29) is 11.2 Å². The molecule has 0 aromatic carbocycles. The van der Waals surface area contributed by atoms with Crippen LogP contribution in [0.5, 0.6) is 0 Å². The minimum absolute atomic E-state index is 0.0773. The SMILES string of the molecule is C[C@]12C=CC(=O)C=C1CC[C@@H]1C2=CC[C@@]2(C)[C@H]1CC[C@]2(O)[C@@H](O)CO. The maximum absolute atomic E-state index is 11.8. The number of rotatable bonds is 2. The molecular formula is C21H28O4. The summed E-state index contributed by atoms with van der Waals surface area (Å²) in [6.07, 6.45) is 10.7. The molecule has 0 aromatic heterocycles. The summed E-state index contributed by atoms with van der Waals surface area (Å²) in [5, 5.41) is 31.0. The van der Waals surface area contributed by atoms with Gasteiger partial charge >= 0.3 is 0 Å². The van der Waals surface area contributed by atoms with Crippen LogP contribution in [0.2, 0.25) is 0 Å². The highest BCUT2D eigenvalue weighted by molar-refractivity contribution is 6.01. The average Bonchev–Trinajstić information content (AvgIpc) is 2.87. The molecule has 136 valence electrons. The Morgan fingerprint density at radius 3 is 2.80 bits per heavy atom. The summed E-state index contributed by atoms with van der Waals surface area (Å²) in [5.74, 6) is 0.732. The summed E-state index contributed by atoms with van der Waals surface area (Å²) in [5.41, 5.74) is 0.738. The molecule has 4 heteroatoms. The topological polar surface area (TPSA) is 77.8 Å². The Kier molecular flexibility index (Phi) is 3.70. The number of hydrogen-bond acceptors (Lipinski definition) is 4. The molecule has 0 amide bonds. The van der Waals surface area contributed by atoms with Crippen molar-refractivity contribution in [3.63, 3.8) is 0 Å². The molecule has 4 rings (SSSR count). The first-order chi connectivity index (χ1) is 11.8. The fraction of sp³-hybridized carbons (Fsp3) is 0.667. The molecule has 0 spiro atoms. The summed E-state index contributed by atoms with van der Waals surface area (Å²) in [7, 11) is 0. The zero-order chi connectivity index (χ0) is 18.0. The maximum atomic E-state index is 11.8. The standard InChI is InChI=1S/C21H28O4/c1-19-8-5-14(23)11-13(19)3-4-15-16(19)6-9-20(2)17(15)7-10-21(20,25)18(24)12-22/h5-6,8,11,15,17-18,22,24-25H,3-4,7,9-10,12H2,1-2H3/t15-,17+,18+,19+,20+,21+/m1/s1. The van der Waals surface area contributed by atoms with E-state index in [1.54, 1.807) is 12.2 Å². The Hall–Kier alpha value is -1.23. The van der Waals surface area contributed by atoms with E-state index in [1.165, 1.54) is 11.1 Å². The third-order valence-electron chi connectivity index (χ3n) is 7.89. The second-order valence-electron chi connectivity index (χ2n) is 8.80. The molecule has 3 N–H and O–H groups in total. The van der Waals surface area contributed by atoms with Gasteiger partial charge in [-0.3, -0.25) is 4.79 Å². The molecule has 0 saturated heterocycles. The van der Waals surface area contributed by atoms with Crippen LogP contribution in [0.15, 0.2) is 35.5 Å². The van der Waals surface area contributed by atoms with Crippen molar-refractivity contribution in [2.45, 2.75) is 57.7 Å². The monoisotopic (exact) mass is 344 g/mol. The Morgan fingerprint density at radius 2 is 2.08 bits per heavy atom. The number of hydrogen-bond donors (Lipinski definition) is 3. The summed E-state index contributed by atoms with van der Waals surface area (Å²) in [6.45, 7) is 3.87. The summed E-state index contributed by atoms with van der Waals surface area (Å²) < 4.78 is 0. The minimum atomic E-state index is -1.23. The van der Waals surface area contributed by atoms with E-state index in [4.69, 9.17) is 0 Å². The van der Waals surface area contributed by atoms with E-state index < -0.39 is 23.7 Å². The van der Waals surface area contributed by atoms with Crippen molar-refractivity contribution in [2.75, 3.05) is 6.61 Å². The molecule has 4 aliphatic carbocycles. The molecule has 2 fully saturated rings. The first kappa shape index (κ1) is 17.2. The van der Waals surface area contributed by atoms with Crippen LogP contribution in [0.1, 0.15) is 46.0 Å². The second-order valence-corrected chi connectivity index (χ2v) is 8.80. The molecule has 25 heavy (non-hydrogen) atoms. The fourth-order valence-corrected chi connectivity index (χ4v) is 6.27. The van der Waals surface area contributed by atoms with E-state index in [2.05, 4.69) is 26.0 Å². The highest BCUT2D eigenvalue weighted by Crippen LogP contribution is 2.65. The number of ketones is 1. The fourth-order valence-electron chi connectivity index (χ4n) is 6.27. The largest absolute Gasteiger partial charge is 0.394 e. The molecule has 4 nitrogen and oxygen atoms in total. The van der Waals surface area contributed by atoms with E-state index in [1.807, 2.05) is 0 Å².